The zero-order valence-corrected chi connectivity index (χ0v) is 20.7. The minimum Gasteiger partial charge on any atom is -0.324 e. The van der Waals surface area contributed by atoms with Crippen LogP contribution in [0, 0.1) is 13.8 Å². The number of rotatable bonds is 6. The summed E-state index contributed by atoms with van der Waals surface area (Å²) in [6.07, 6.45) is 5.56. The summed E-state index contributed by atoms with van der Waals surface area (Å²) in [5.41, 5.74) is 4.69. The fraction of sp³-hybridized carbons (Fsp3) is 0.375. The van der Waals surface area contributed by atoms with Gasteiger partial charge in [-0.15, -0.1) is 5.10 Å². The molecule has 2 N–H and O–H groups in total. The zero-order chi connectivity index (χ0) is 25.4. The van der Waals surface area contributed by atoms with Crippen molar-refractivity contribution in [3.05, 3.63) is 47.7 Å². The molecule has 0 aliphatic carbocycles. The largest absolute Gasteiger partial charge is 0.324 e. The lowest BCUT2D eigenvalue weighted by Crippen LogP contribution is -2.35. The number of hydrogen-bond donors (Lipinski definition) is 2. The molecule has 0 unspecified atom stereocenters. The monoisotopic (exact) mass is 488 g/mol. The van der Waals surface area contributed by atoms with E-state index >= 15 is 0 Å². The van der Waals surface area contributed by atoms with Crippen molar-refractivity contribution in [1.29, 1.82) is 0 Å². The van der Waals surface area contributed by atoms with Crippen LogP contribution in [0.4, 0.5) is 11.4 Å². The lowest BCUT2D eigenvalue weighted by atomic mass is 10.1. The van der Waals surface area contributed by atoms with Gasteiger partial charge in [-0.3, -0.25) is 19.5 Å². The van der Waals surface area contributed by atoms with Crippen molar-refractivity contribution in [2.75, 3.05) is 23.7 Å². The fourth-order valence-electron chi connectivity index (χ4n) is 4.49. The van der Waals surface area contributed by atoms with Gasteiger partial charge in [0.05, 0.1) is 41.0 Å². The highest BCUT2D eigenvalue weighted by molar-refractivity contribution is 6.08. The Hall–Kier alpha value is -4.19. The number of carbonyl (C=O) groups is 2. The third-order valence-corrected chi connectivity index (χ3v) is 6.44. The topological polar surface area (TPSA) is 135 Å². The van der Waals surface area contributed by atoms with Crippen LogP contribution in [0.5, 0.6) is 0 Å². The van der Waals surface area contributed by atoms with Crippen molar-refractivity contribution in [1.82, 2.24) is 39.7 Å². The van der Waals surface area contributed by atoms with Crippen LogP contribution in [0.3, 0.4) is 0 Å². The molecule has 186 valence electrons. The van der Waals surface area contributed by atoms with Gasteiger partial charge in [-0.05, 0) is 58.4 Å². The molecule has 1 aliphatic rings. The quantitative estimate of drug-likeness (QED) is 0.422. The second-order valence-electron chi connectivity index (χ2n) is 9.13. The summed E-state index contributed by atoms with van der Waals surface area (Å²) < 4.78 is 1.54. The number of nitrogens with zero attached hydrogens (tertiary/aromatic N) is 8. The number of carbonyl (C=O) groups excluding carboxylic acids is 2. The number of pyridine rings is 2. The van der Waals surface area contributed by atoms with Crippen LogP contribution in [0.15, 0.2) is 30.6 Å². The van der Waals surface area contributed by atoms with Crippen molar-refractivity contribution in [2.45, 2.75) is 39.7 Å². The predicted molar refractivity (Wildman–Crippen MR) is 134 cm³/mol. The number of anilines is 2. The summed E-state index contributed by atoms with van der Waals surface area (Å²) in [5, 5.41) is 22.6. The number of fused-ring (bicyclic) bond motifs is 1. The average Bonchev–Trinajstić information content (AvgIpc) is 3.53. The molecule has 0 aromatic carbocycles. The Balaban J connectivity index is 1.31. The van der Waals surface area contributed by atoms with E-state index in [-0.39, 0.29) is 11.6 Å². The second kappa shape index (κ2) is 9.46. The maximum Gasteiger partial charge on any atom is 0.278 e. The van der Waals surface area contributed by atoms with E-state index in [2.05, 4.69) is 48.0 Å². The standard InChI is InChI=1S/C24H28N10O2/c1-14-6-5-9-33(14)13-21(35)26-18-10-19(15(2)25-11-18)27-24(36)23-20-8-7-17(12-34(20)31-28-23)22-16(3)29-32(4)30-22/h7-8,10-12,14H,5-6,9,13H2,1-4H3,(H,26,35)(H,27,36)/t14-/m0/s1. The molecule has 1 fully saturated rings. The van der Waals surface area contributed by atoms with E-state index < -0.39 is 5.91 Å². The number of amides is 2. The molecule has 2 amide bonds. The fourth-order valence-corrected chi connectivity index (χ4v) is 4.49. The van der Waals surface area contributed by atoms with Crippen LogP contribution in [0.25, 0.3) is 16.8 Å². The van der Waals surface area contributed by atoms with Crippen LogP contribution < -0.4 is 10.6 Å². The third-order valence-electron chi connectivity index (χ3n) is 6.44. The van der Waals surface area contributed by atoms with Crippen LogP contribution in [-0.2, 0) is 11.8 Å². The molecule has 5 heterocycles. The summed E-state index contributed by atoms with van der Waals surface area (Å²) in [7, 11) is 1.76. The van der Waals surface area contributed by atoms with Gasteiger partial charge in [-0.25, -0.2) is 4.52 Å². The van der Waals surface area contributed by atoms with E-state index in [1.54, 1.807) is 43.0 Å². The summed E-state index contributed by atoms with van der Waals surface area (Å²) in [6.45, 7) is 7.06. The second-order valence-corrected chi connectivity index (χ2v) is 9.13. The average molecular weight is 489 g/mol. The van der Waals surface area contributed by atoms with Gasteiger partial charge in [-0.2, -0.15) is 15.0 Å². The first-order valence-electron chi connectivity index (χ1n) is 11.8. The molecule has 12 nitrogen and oxygen atoms in total. The Morgan fingerprint density at radius 1 is 1.14 bits per heavy atom. The summed E-state index contributed by atoms with van der Waals surface area (Å²) in [4.78, 5) is 33.6. The van der Waals surface area contributed by atoms with E-state index in [1.807, 2.05) is 13.0 Å². The molecule has 1 saturated heterocycles. The highest BCUT2D eigenvalue weighted by atomic mass is 16.2. The lowest BCUT2D eigenvalue weighted by molar-refractivity contribution is -0.117. The molecule has 36 heavy (non-hydrogen) atoms. The lowest BCUT2D eigenvalue weighted by Gasteiger charge is -2.20. The number of aromatic nitrogens is 7. The number of aryl methyl sites for hydroxylation is 3. The van der Waals surface area contributed by atoms with Gasteiger partial charge in [0.15, 0.2) is 5.69 Å². The van der Waals surface area contributed by atoms with Gasteiger partial charge in [0, 0.05) is 24.8 Å². The highest BCUT2D eigenvalue weighted by Gasteiger charge is 2.23. The molecule has 1 atom stereocenters. The smallest absolute Gasteiger partial charge is 0.278 e. The Morgan fingerprint density at radius 2 is 1.97 bits per heavy atom. The first kappa shape index (κ1) is 23.5. The summed E-state index contributed by atoms with van der Waals surface area (Å²) >= 11 is 0. The Kier molecular flexibility index (Phi) is 6.18. The maximum absolute atomic E-state index is 13.1. The molecule has 4 aromatic heterocycles. The van der Waals surface area contributed by atoms with Gasteiger partial charge in [-0.1, -0.05) is 5.21 Å². The molecule has 0 radical (unpaired) electrons. The van der Waals surface area contributed by atoms with Gasteiger partial charge >= 0.3 is 0 Å². The van der Waals surface area contributed by atoms with Crippen molar-refractivity contribution in [3.63, 3.8) is 0 Å². The van der Waals surface area contributed by atoms with Crippen LogP contribution in [-0.4, -0.2) is 70.7 Å². The van der Waals surface area contributed by atoms with Gasteiger partial charge in [0.1, 0.15) is 5.69 Å². The predicted octanol–water partition coefficient (Wildman–Crippen LogP) is 2.21. The first-order chi connectivity index (χ1) is 17.3. The normalized spacial score (nSPS) is 15.9. The number of hydrogen-bond acceptors (Lipinski definition) is 8. The Morgan fingerprint density at radius 3 is 2.69 bits per heavy atom. The zero-order valence-electron chi connectivity index (χ0n) is 20.7. The summed E-state index contributed by atoms with van der Waals surface area (Å²) in [6, 6.07) is 5.74. The van der Waals surface area contributed by atoms with E-state index in [1.165, 1.54) is 4.80 Å². The van der Waals surface area contributed by atoms with E-state index in [0.717, 1.165) is 36.3 Å². The van der Waals surface area contributed by atoms with Crippen molar-refractivity contribution >= 4 is 28.7 Å². The van der Waals surface area contributed by atoms with Crippen LogP contribution in [0.1, 0.15) is 41.6 Å². The molecule has 4 aromatic rings. The molecule has 1 aliphatic heterocycles. The molecule has 12 heteroatoms. The number of nitrogens with one attached hydrogen (secondary N) is 2. The minimum atomic E-state index is -0.423. The molecular formula is C24H28N10O2. The van der Waals surface area contributed by atoms with Crippen molar-refractivity contribution in [3.8, 4) is 11.3 Å². The third kappa shape index (κ3) is 4.67. The van der Waals surface area contributed by atoms with Crippen molar-refractivity contribution < 1.29 is 9.59 Å². The number of likely N-dealkylation sites (tertiary alicyclic amines) is 1. The molecule has 0 bridgehead atoms. The van der Waals surface area contributed by atoms with Gasteiger partial charge < -0.3 is 10.6 Å². The maximum atomic E-state index is 13.1. The van der Waals surface area contributed by atoms with Crippen molar-refractivity contribution in [2.24, 2.45) is 7.05 Å². The Labute approximate surface area is 207 Å². The molecule has 0 spiro atoms. The van der Waals surface area contributed by atoms with E-state index in [4.69, 9.17) is 0 Å². The molecule has 5 rings (SSSR count). The van der Waals surface area contributed by atoms with Crippen LogP contribution in [0.2, 0.25) is 0 Å². The minimum absolute atomic E-state index is 0.106. The van der Waals surface area contributed by atoms with Crippen LogP contribution >= 0.6 is 0 Å². The first-order valence-corrected chi connectivity index (χ1v) is 11.8. The van der Waals surface area contributed by atoms with Gasteiger partial charge in [0.2, 0.25) is 5.91 Å². The van der Waals surface area contributed by atoms with E-state index in [9.17, 15) is 9.59 Å². The molecular weight excluding hydrogens is 460 g/mol. The van der Waals surface area contributed by atoms with E-state index in [0.29, 0.717) is 35.2 Å². The highest BCUT2D eigenvalue weighted by Crippen LogP contribution is 2.23. The summed E-state index contributed by atoms with van der Waals surface area (Å²) in [5.74, 6) is -0.530. The SMILES string of the molecule is Cc1ncc(NC(=O)CN2CCC[C@@H]2C)cc1NC(=O)c1nnn2cc(-c3nn(C)nc3C)ccc12. The Bertz CT molecular complexity index is 1460. The molecule has 0 saturated carbocycles. The van der Waals surface area contributed by atoms with Gasteiger partial charge in [0.25, 0.3) is 5.91 Å².